The quantitative estimate of drug-likeness (QED) is 0.803. The average molecular weight is 239 g/mol. The molecule has 1 aromatic rings. The highest BCUT2D eigenvalue weighted by Crippen LogP contribution is 2.37. The van der Waals surface area contributed by atoms with Crippen molar-refractivity contribution in [2.75, 3.05) is 6.54 Å². The fraction of sp³-hybridized carbons (Fsp3) is 0.400. The molecule has 0 aliphatic rings. The zero-order valence-electron chi connectivity index (χ0n) is 8.14. The van der Waals surface area contributed by atoms with E-state index in [-0.39, 0.29) is 5.56 Å². The van der Waals surface area contributed by atoms with Gasteiger partial charge in [0.1, 0.15) is 11.7 Å². The molecule has 90 valence electrons. The number of rotatable bonds is 4. The molecule has 0 aliphatic carbocycles. The van der Waals surface area contributed by atoms with E-state index in [9.17, 15) is 22.0 Å². The Hall–Kier alpha value is -1.17. The first kappa shape index (κ1) is 12.9. The topological polar surface area (TPSA) is 26.0 Å². The van der Waals surface area contributed by atoms with Gasteiger partial charge in [-0.25, -0.2) is 22.0 Å². The third-order valence-corrected chi connectivity index (χ3v) is 2.21. The summed E-state index contributed by atoms with van der Waals surface area (Å²) in [6.45, 7) is -1.18. The van der Waals surface area contributed by atoms with Crippen LogP contribution in [0.5, 0.6) is 0 Å². The average Bonchev–Trinajstić information content (AvgIpc) is 2.20. The van der Waals surface area contributed by atoms with Gasteiger partial charge in [0.05, 0.1) is 6.54 Å². The molecule has 0 spiro atoms. The fourth-order valence-electron chi connectivity index (χ4n) is 1.37. The van der Waals surface area contributed by atoms with Gasteiger partial charge < -0.3 is 5.73 Å². The van der Waals surface area contributed by atoms with Crippen molar-refractivity contribution >= 4 is 0 Å². The summed E-state index contributed by atoms with van der Waals surface area (Å²) in [5.41, 5.74) is 4.43. The standard InChI is InChI=1S/C10H10F5N/c11-7-3-1-6(2-4-7)8(9(12)13)10(14,15)5-16/h1-4,8-9H,5,16H2. The van der Waals surface area contributed by atoms with Crippen molar-refractivity contribution in [1.82, 2.24) is 0 Å². The molecule has 1 aromatic carbocycles. The maximum atomic E-state index is 13.2. The van der Waals surface area contributed by atoms with Crippen LogP contribution < -0.4 is 5.73 Å². The van der Waals surface area contributed by atoms with Gasteiger partial charge in [-0.1, -0.05) is 12.1 Å². The lowest BCUT2D eigenvalue weighted by atomic mass is 9.93. The van der Waals surface area contributed by atoms with Gasteiger partial charge >= 0.3 is 0 Å². The minimum Gasteiger partial charge on any atom is -0.325 e. The monoisotopic (exact) mass is 239 g/mol. The van der Waals surface area contributed by atoms with Crippen molar-refractivity contribution in [2.24, 2.45) is 5.73 Å². The van der Waals surface area contributed by atoms with Gasteiger partial charge in [-0.3, -0.25) is 0 Å². The zero-order valence-corrected chi connectivity index (χ0v) is 8.14. The zero-order chi connectivity index (χ0) is 12.3. The van der Waals surface area contributed by atoms with E-state index in [0.29, 0.717) is 0 Å². The summed E-state index contributed by atoms with van der Waals surface area (Å²) in [6, 6.07) is 3.54. The number of alkyl halides is 4. The van der Waals surface area contributed by atoms with Crippen LogP contribution in [0.25, 0.3) is 0 Å². The molecule has 2 N–H and O–H groups in total. The molecule has 6 heteroatoms. The molecule has 0 radical (unpaired) electrons. The van der Waals surface area contributed by atoms with Gasteiger partial charge in [-0.15, -0.1) is 0 Å². The fourth-order valence-corrected chi connectivity index (χ4v) is 1.37. The molecule has 0 amide bonds. The molecule has 1 atom stereocenters. The second-order valence-electron chi connectivity index (χ2n) is 3.33. The molecule has 1 unspecified atom stereocenters. The predicted octanol–water partition coefficient (Wildman–Crippen LogP) is 2.77. The molecule has 0 bridgehead atoms. The summed E-state index contributed by atoms with van der Waals surface area (Å²) >= 11 is 0. The van der Waals surface area contributed by atoms with E-state index >= 15 is 0 Å². The van der Waals surface area contributed by atoms with E-state index in [1.54, 1.807) is 0 Å². The molecule has 0 aromatic heterocycles. The Balaban J connectivity index is 3.08. The Morgan fingerprint density at radius 3 is 2.00 bits per heavy atom. The smallest absolute Gasteiger partial charge is 0.272 e. The van der Waals surface area contributed by atoms with Gasteiger partial charge in [0.25, 0.3) is 12.3 Å². The van der Waals surface area contributed by atoms with Gasteiger partial charge in [0, 0.05) is 0 Å². The van der Waals surface area contributed by atoms with Crippen molar-refractivity contribution in [2.45, 2.75) is 18.3 Å². The van der Waals surface area contributed by atoms with Crippen molar-refractivity contribution < 1.29 is 22.0 Å². The summed E-state index contributed by atoms with van der Waals surface area (Å²) in [5.74, 6) is -6.70. The highest BCUT2D eigenvalue weighted by atomic mass is 19.3. The second-order valence-corrected chi connectivity index (χ2v) is 3.33. The van der Waals surface area contributed by atoms with Crippen molar-refractivity contribution in [3.8, 4) is 0 Å². The first-order valence-corrected chi connectivity index (χ1v) is 4.50. The Morgan fingerprint density at radius 2 is 1.62 bits per heavy atom. The van der Waals surface area contributed by atoms with E-state index in [0.717, 1.165) is 24.3 Å². The van der Waals surface area contributed by atoms with E-state index in [2.05, 4.69) is 0 Å². The second kappa shape index (κ2) is 4.78. The predicted molar refractivity (Wildman–Crippen MR) is 49.1 cm³/mol. The van der Waals surface area contributed by atoms with E-state index in [1.807, 2.05) is 0 Å². The summed E-state index contributed by atoms with van der Waals surface area (Å²) in [7, 11) is 0. The van der Waals surface area contributed by atoms with Crippen LogP contribution in [0.3, 0.4) is 0 Å². The molecule has 0 saturated heterocycles. The van der Waals surface area contributed by atoms with Gasteiger partial charge in [-0.05, 0) is 17.7 Å². The Kier molecular flexibility index (Phi) is 3.85. The molecule has 0 fully saturated rings. The first-order chi connectivity index (χ1) is 7.38. The van der Waals surface area contributed by atoms with E-state index < -0.39 is 30.6 Å². The third-order valence-electron chi connectivity index (χ3n) is 2.21. The lowest BCUT2D eigenvalue weighted by Gasteiger charge is -2.25. The van der Waals surface area contributed by atoms with E-state index in [4.69, 9.17) is 5.73 Å². The minimum atomic E-state index is -3.72. The number of hydrogen-bond donors (Lipinski definition) is 1. The molecule has 16 heavy (non-hydrogen) atoms. The van der Waals surface area contributed by atoms with Crippen LogP contribution >= 0.6 is 0 Å². The number of nitrogens with two attached hydrogens (primary N) is 1. The van der Waals surface area contributed by atoms with Crippen LogP contribution in [0.15, 0.2) is 24.3 Å². The minimum absolute atomic E-state index is 0.327. The van der Waals surface area contributed by atoms with Crippen LogP contribution in [0.4, 0.5) is 22.0 Å². The van der Waals surface area contributed by atoms with E-state index in [1.165, 1.54) is 0 Å². The summed E-state index contributed by atoms with van der Waals surface area (Å²) < 4.78 is 63.9. The molecule has 0 heterocycles. The van der Waals surface area contributed by atoms with Crippen molar-refractivity contribution in [3.05, 3.63) is 35.6 Å². The number of benzene rings is 1. The Labute approximate surface area is 89.1 Å². The van der Waals surface area contributed by atoms with Crippen LogP contribution in [0, 0.1) is 5.82 Å². The molecular formula is C10H10F5N. The molecule has 0 saturated carbocycles. The molecule has 1 rings (SSSR count). The molecule has 0 aliphatic heterocycles. The van der Waals surface area contributed by atoms with Crippen molar-refractivity contribution in [1.29, 1.82) is 0 Å². The van der Waals surface area contributed by atoms with Gasteiger partial charge in [0.15, 0.2) is 0 Å². The highest BCUT2D eigenvalue weighted by molar-refractivity contribution is 5.23. The highest BCUT2D eigenvalue weighted by Gasteiger charge is 2.45. The molecule has 1 nitrogen and oxygen atoms in total. The Morgan fingerprint density at radius 1 is 1.12 bits per heavy atom. The lowest BCUT2D eigenvalue weighted by Crippen LogP contribution is -2.38. The van der Waals surface area contributed by atoms with Crippen LogP contribution in [-0.4, -0.2) is 18.9 Å². The Bertz CT molecular complexity index is 336. The third kappa shape index (κ3) is 2.69. The maximum absolute atomic E-state index is 13.2. The summed E-state index contributed by atoms with van der Waals surface area (Å²) in [4.78, 5) is 0. The van der Waals surface area contributed by atoms with Crippen molar-refractivity contribution in [3.63, 3.8) is 0 Å². The number of halogens is 5. The first-order valence-electron chi connectivity index (χ1n) is 4.50. The van der Waals surface area contributed by atoms with Gasteiger partial charge in [-0.2, -0.15) is 0 Å². The molecular weight excluding hydrogens is 229 g/mol. The van der Waals surface area contributed by atoms with Crippen LogP contribution in [0.1, 0.15) is 11.5 Å². The summed E-state index contributed by atoms with van der Waals surface area (Å²) in [6.07, 6.45) is -3.26. The SMILES string of the molecule is NCC(F)(F)C(c1ccc(F)cc1)C(F)F. The largest absolute Gasteiger partial charge is 0.325 e. The lowest BCUT2D eigenvalue weighted by molar-refractivity contribution is -0.0715. The number of hydrogen-bond acceptors (Lipinski definition) is 1. The van der Waals surface area contributed by atoms with Gasteiger partial charge in [0.2, 0.25) is 0 Å². The normalized spacial score (nSPS) is 14.2. The van der Waals surface area contributed by atoms with Crippen LogP contribution in [-0.2, 0) is 0 Å². The van der Waals surface area contributed by atoms with Crippen LogP contribution in [0.2, 0.25) is 0 Å². The summed E-state index contributed by atoms with van der Waals surface area (Å²) in [5, 5.41) is 0. The maximum Gasteiger partial charge on any atom is 0.272 e.